The van der Waals surface area contributed by atoms with Gasteiger partial charge in [-0.1, -0.05) is 13.3 Å². The average Bonchev–Trinajstić information content (AvgIpc) is 2.99. The van der Waals surface area contributed by atoms with Crippen LogP contribution < -0.4 is 11.1 Å². The van der Waals surface area contributed by atoms with Gasteiger partial charge in [-0.3, -0.25) is 4.98 Å². The summed E-state index contributed by atoms with van der Waals surface area (Å²) >= 11 is 0. The molecule has 0 aliphatic heterocycles. The molecule has 0 radical (unpaired) electrons. The van der Waals surface area contributed by atoms with Crippen LogP contribution >= 0.6 is 0 Å². The van der Waals surface area contributed by atoms with E-state index in [1.165, 1.54) is 0 Å². The molecule has 132 valence electrons. The number of aliphatic hydroxyl groups is 1. The van der Waals surface area contributed by atoms with Crippen LogP contribution in [0.3, 0.4) is 0 Å². The highest BCUT2D eigenvalue weighted by atomic mass is 16.3. The minimum absolute atomic E-state index is 0.138. The number of rotatable bonds is 8. The lowest BCUT2D eigenvalue weighted by molar-refractivity contribution is 0.276. The normalized spacial score (nSPS) is 12.4. The minimum Gasteiger partial charge on any atom is -0.396 e. The maximum absolute atomic E-state index is 9.31. The van der Waals surface area contributed by atoms with Gasteiger partial charge in [0.05, 0.1) is 5.52 Å². The van der Waals surface area contributed by atoms with E-state index in [2.05, 4.69) is 31.8 Å². The Bertz CT molecular complexity index is 811. The first-order valence-corrected chi connectivity index (χ1v) is 8.60. The molecule has 25 heavy (non-hydrogen) atoms. The minimum atomic E-state index is 0.138. The lowest BCUT2D eigenvalue weighted by atomic mass is 10.1. The number of hydrogen-bond donors (Lipinski definition) is 3. The zero-order valence-electron chi connectivity index (χ0n) is 14.4. The van der Waals surface area contributed by atoms with Crippen LogP contribution in [0.5, 0.6) is 0 Å². The van der Waals surface area contributed by atoms with Crippen LogP contribution in [-0.2, 0) is 6.54 Å². The fourth-order valence-electron chi connectivity index (χ4n) is 3.03. The van der Waals surface area contributed by atoms with Crippen molar-refractivity contribution in [3.05, 3.63) is 42.4 Å². The summed E-state index contributed by atoms with van der Waals surface area (Å²) in [4.78, 5) is 12.8. The molecule has 7 nitrogen and oxygen atoms in total. The Morgan fingerprint density at radius 3 is 2.72 bits per heavy atom. The van der Waals surface area contributed by atoms with Gasteiger partial charge in [-0.25, -0.2) is 4.98 Å². The summed E-state index contributed by atoms with van der Waals surface area (Å²) in [5.41, 5.74) is 8.76. The predicted octanol–water partition coefficient (Wildman–Crippen LogP) is 2.42. The molecule has 3 aromatic rings. The number of nitrogens with one attached hydrogen (secondary N) is 1. The fourth-order valence-corrected chi connectivity index (χ4v) is 3.03. The third kappa shape index (κ3) is 4.06. The SMILES string of the molecule is CCC[C@@H](CCO)Nc1nc(N)nc2ccn(Cc3ccncc3)c12. The van der Waals surface area contributed by atoms with Crippen LogP contribution in [0.2, 0.25) is 0 Å². The molecule has 0 bridgehead atoms. The molecule has 4 N–H and O–H groups in total. The van der Waals surface area contributed by atoms with Gasteiger partial charge in [0.25, 0.3) is 0 Å². The molecule has 3 rings (SSSR count). The molecule has 0 aliphatic rings. The average molecular weight is 340 g/mol. The number of nitrogen functional groups attached to an aromatic ring is 1. The predicted molar refractivity (Wildman–Crippen MR) is 99.3 cm³/mol. The Labute approximate surface area is 146 Å². The van der Waals surface area contributed by atoms with E-state index in [0.29, 0.717) is 18.8 Å². The summed E-state index contributed by atoms with van der Waals surface area (Å²) in [7, 11) is 0. The lowest BCUT2D eigenvalue weighted by Gasteiger charge is -2.19. The molecule has 0 spiro atoms. The van der Waals surface area contributed by atoms with Crippen molar-refractivity contribution in [2.75, 3.05) is 17.7 Å². The van der Waals surface area contributed by atoms with Gasteiger partial charge in [0.15, 0.2) is 5.82 Å². The van der Waals surface area contributed by atoms with Crippen molar-refractivity contribution in [2.24, 2.45) is 0 Å². The summed E-state index contributed by atoms with van der Waals surface area (Å²) in [6.45, 7) is 2.97. The quantitative estimate of drug-likeness (QED) is 0.582. The number of fused-ring (bicyclic) bond motifs is 1. The number of aromatic nitrogens is 4. The van der Waals surface area contributed by atoms with Crippen molar-refractivity contribution in [3.8, 4) is 0 Å². The van der Waals surface area contributed by atoms with E-state index in [4.69, 9.17) is 5.73 Å². The van der Waals surface area contributed by atoms with Crippen molar-refractivity contribution in [3.63, 3.8) is 0 Å². The van der Waals surface area contributed by atoms with Crippen molar-refractivity contribution in [1.29, 1.82) is 0 Å². The smallest absolute Gasteiger partial charge is 0.222 e. The van der Waals surface area contributed by atoms with Crippen LogP contribution in [0.1, 0.15) is 31.7 Å². The van der Waals surface area contributed by atoms with Gasteiger partial charge in [0.1, 0.15) is 5.52 Å². The van der Waals surface area contributed by atoms with Gasteiger partial charge in [-0.2, -0.15) is 4.98 Å². The summed E-state index contributed by atoms with van der Waals surface area (Å²) in [6, 6.07) is 6.07. The molecule has 0 saturated heterocycles. The number of nitrogens with zero attached hydrogens (tertiary/aromatic N) is 4. The molecule has 0 aromatic carbocycles. The Morgan fingerprint density at radius 2 is 2.00 bits per heavy atom. The van der Waals surface area contributed by atoms with Gasteiger partial charge in [0, 0.05) is 37.8 Å². The first-order chi connectivity index (χ1) is 12.2. The highest BCUT2D eigenvalue weighted by Gasteiger charge is 2.15. The maximum atomic E-state index is 9.31. The summed E-state index contributed by atoms with van der Waals surface area (Å²) in [6.07, 6.45) is 8.21. The van der Waals surface area contributed by atoms with E-state index in [-0.39, 0.29) is 18.6 Å². The molecular weight excluding hydrogens is 316 g/mol. The summed E-state index contributed by atoms with van der Waals surface area (Å²) in [5.74, 6) is 0.962. The third-order valence-electron chi connectivity index (χ3n) is 4.19. The standard InChI is InChI=1S/C18H24N6O/c1-2-3-14(7-11-25)21-17-16-15(22-18(19)23-17)6-10-24(16)12-13-4-8-20-9-5-13/h4-6,8-10,14,25H,2-3,7,11-12H2,1H3,(H3,19,21,22,23)/t14-/m0/s1. The number of anilines is 2. The largest absolute Gasteiger partial charge is 0.396 e. The first-order valence-electron chi connectivity index (χ1n) is 8.60. The summed E-state index contributed by atoms with van der Waals surface area (Å²) in [5, 5.41) is 12.8. The lowest BCUT2D eigenvalue weighted by Crippen LogP contribution is -2.22. The Hall–Kier alpha value is -2.67. The van der Waals surface area contributed by atoms with Crippen LogP contribution in [0.4, 0.5) is 11.8 Å². The van der Waals surface area contributed by atoms with E-state index < -0.39 is 0 Å². The first kappa shape index (κ1) is 17.2. The zero-order valence-corrected chi connectivity index (χ0v) is 14.4. The van der Waals surface area contributed by atoms with Crippen molar-refractivity contribution >= 4 is 22.8 Å². The second-order valence-corrected chi connectivity index (χ2v) is 6.11. The van der Waals surface area contributed by atoms with E-state index in [9.17, 15) is 5.11 Å². The van der Waals surface area contributed by atoms with E-state index in [1.54, 1.807) is 12.4 Å². The topological polar surface area (TPSA) is 102 Å². The highest BCUT2D eigenvalue weighted by Crippen LogP contribution is 2.25. The van der Waals surface area contributed by atoms with Crippen molar-refractivity contribution in [2.45, 2.75) is 38.8 Å². The Kier molecular flexibility index (Phi) is 5.45. The van der Waals surface area contributed by atoms with Gasteiger partial charge >= 0.3 is 0 Å². The molecule has 0 amide bonds. The molecule has 0 saturated carbocycles. The van der Waals surface area contributed by atoms with Crippen molar-refractivity contribution in [1.82, 2.24) is 19.5 Å². The van der Waals surface area contributed by atoms with Crippen LogP contribution in [-0.4, -0.2) is 37.3 Å². The molecule has 7 heteroatoms. The van der Waals surface area contributed by atoms with E-state index in [1.807, 2.05) is 24.4 Å². The zero-order chi connectivity index (χ0) is 17.6. The second kappa shape index (κ2) is 7.94. The fraction of sp³-hybridized carbons (Fsp3) is 0.389. The second-order valence-electron chi connectivity index (χ2n) is 6.11. The van der Waals surface area contributed by atoms with E-state index >= 15 is 0 Å². The monoisotopic (exact) mass is 340 g/mol. The van der Waals surface area contributed by atoms with Gasteiger partial charge in [-0.05, 0) is 36.6 Å². The molecule has 3 heterocycles. The van der Waals surface area contributed by atoms with Crippen LogP contribution in [0, 0.1) is 0 Å². The molecular formula is C18H24N6O. The van der Waals surface area contributed by atoms with Crippen molar-refractivity contribution < 1.29 is 5.11 Å². The van der Waals surface area contributed by atoms with E-state index in [0.717, 1.165) is 29.4 Å². The van der Waals surface area contributed by atoms with Gasteiger partial charge in [0.2, 0.25) is 5.95 Å². The van der Waals surface area contributed by atoms with Crippen LogP contribution in [0.25, 0.3) is 11.0 Å². The molecule has 0 unspecified atom stereocenters. The number of pyridine rings is 1. The third-order valence-corrected chi connectivity index (χ3v) is 4.19. The number of hydrogen-bond acceptors (Lipinski definition) is 6. The molecule has 0 aliphatic carbocycles. The highest BCUT2D eigenvalue weighted by molar-refractivity contribution is 5.87. The van der Waals surface area contributed by atoms with Gasteiger partial charge in [-0.15, -0.1) is 0 Å². The van der Waals surface area contributed by atoms with Gasteiger partial charge < -0.3 is 20.7 Å². The Morgan fingerprint density at radius 1 is 1.20 bits per heavy atom. The maximum Gasteiger partial charge on any atom is 0.222 e. The van der Waals surface area contributed by atoms with Crippen LogP contribution in [0.15, 0.2) is 36.8 Å². The molecule has 1 atom stereocenters. The summed E-state index contributed by atoms with van der Waals surface area (Å²) < 4.78 is 2.11. The Balaban J connectivity index is 1.97. The number of aliphatic hydroxyl groups excluding tert-OH is 1. The number of nitrogens with two attached hydrogens (primary N) is 1. The molecule has 0 fully saturated rings. The molecule has 3 aromatic heterocycles.